The van der Waals surface area contributed by atoms with E-state index in [4.69, 9.17) is 0 Å². The predicted octanol–water partition coefficient (Wildman–Crippen LogP) is 0.265. The molecule has 0 saturated carbocycles. The Labute approximate surface area is 136 Å². The zero-order valence-corrected chi connectivity index (χ0v) is 14.1. The molecule has 1 aliphatic heterocycles. The molecule has 1 aromatic carbocycles. The Morgan fingerprint density at radius 2 is 2.09 bits per heavy atom. The van der Waals surface area contributed by atoms with Crippen LogP contribution in [-0.2, 0) is 21.4 Å². The number of amides is 1. The molecular weight excluding hydrogens is 321 g/mol. The van der Waals surface area contributed by atoms with Crippen molar-refractivity contribution in [2.75, 3.05) is 39.5 Å². The van der Waals surface area contributed by atoms with Crippen molar-refractivity contribution in [3.63, 3.8) is 0 Å². The molecule has 6 nitrogen and oxygen atoms in total. The summed E-state index contributed by atoms with van der Waals surface area (Å²) in [6.45, 7) is 1.89. The minimum atomic E-state index is -3.36. The third-order valence-corrected chi connectivity index (χ3v) is 5.22. The van der Waals surface area contributed by atoms with Gasteiger partial charge in [-0.05, 0) is 17.7 Å². The second-order valence-corrected chi connectivity index (χ2v) is 7.78. The molecule has 0 aliphatic carbocycles. The van der Waals surface area contributed by atoms with E-state index in [1.54, 1.807) is 6.07 Å². The monoisotopic (exact) mass is 343 g/mol. The maximum atomic E-state index is 13.3. The van der Waals surface area contributed by atoms with E-state index < -0.39 is 15.9 Å². The zero-order chi connectivity index (χ0) is 17.0. The third-order valence-electron chi connectivity index (χ3n) is 3.95. The number of hydrogen-bond acceptors (Lipinski definition) is 4. The maximum absolute atomic E-state index is 13.3. The van der Waals surface area contributed by atoms with Crippen molar-refractivity contribution in [2.45, 2.75) is 6.54 Å². The van der Waals surface area contributed by atoms with Gasteiger partial charge in [-0.15, -0.1) is 0 Å². The van der Waals surface area contributed by atoms with Crippen LogP contribution in [0.15, 0.2) is 24.3 Å². The molecule has 1 N–H and O–H groups in total. The summed E-state index contributed by atoms with van der Waals surface area (Å²) in [5.41, 5.74) is 0.800. The van der Waals surface area contributed by atoms with E-state index >= 15 is 0 Å². The van der Waals surface area contributed by atoms with Crippen LogP contribution in [0.25, 0.3) is 0 Å². The first kappa shape index (κ1) is 17.8. The average molecular weight is 343 g/mol. The van der Waals surface area contributed by atoms with Crippen molar-refractivity contribution >= 4 is 15.9 Å². The summed E-state index contributed by atoms with van der Waals surface area (Å²) in [4.78, 5) is 14.0. The molecule has 128 valence electrons. The lowest BCUT2D eigenvalue weighted by Crippen LogP contribution is -2.41. The van der Waals surface area contributed by atoms with Crippen molar-refractivity contribution in [3.05, 3.63) is 35.6 Å². The maximum Gasteiger partial charge on any atom is 0.225 e. The smallest absolute Gasteiger partial charge is 0.225 e. The summed E-state index contributed by atoms with van der Waals surface area (Å²) in [6.07, 6.45) is 1.15. The van der Waals surface area contributed by atoms with Gasteiger partial charge in [0, 0.05) is 39.8 Å². The summed E-state index contributed by atoms with van der Waals surface area (Å²) >= 11 is 0. The first-order chi connectivity index (χ1) is 10.8. The molecule has 1 amide bonds. The van der Waals surface area contributed by atoms with E-state index in [0.29, 0.717) is 26.2 Å². The van der Waals surface area contributed by atoms with Crippen LogP contribution < -0.4 is 5.32 Å². The van der Waals surface area contributed by atoms with Gasteiger partial charge in [-0.3, -0.25) is 9.69 Å². The summed E-state index contributed by atoms with van der Waals surface area (Å²) in [6, 6.07) is 6.29. The topological polar surface area (TPSA) is 69.7 Å². The third kappa shape index (κ3) is 4.98. The molecule has 1 fully saturated rings. The second-order valence-electron chi connectivity index (χ2n) is 5.80. The van der Waals surface area contributed by atoms with Gasteiger partial charge in [-0.1, -0.05) is 12.1 Å². The normalized spacial score (nSPS) is 20.9. The summed E-state index contributed by atoms with van der Waals surface area (Å²) < 4.78 is 38.3. The Morgan fingerprint density at radius 1 is 1.35 bits per heavy atom. The number of rotatable bonds is 4. The summed E-state index contributed by atoms with van der Waals surface area (Å²) in [5, 5.41) is 2.58. The molecule has 1 aromatic rings. The van der Waals surface area contributed by atoms with Crippen LogP contribution in [0.2, 0.25) is 0 Å². The van der Waals surface area contributed by atoms with Crippen LogP contribution in [0.5, 0.6) is 0 Å². The first-order valence-electron chi connectivity index (χ1n) is 7.43. The standard InChI is InChI=1S/C15H22FN3O3S/c1-17-15(20)13-10-18(6-7-19(11-13)23(2,21)22)9-12-4-3-5-14(16)8-12/h3-5,8,13H,6-7,9-11H2,1-2H3,(H,17,20). The largest absolute Gasteiger partial charge is 0.359 e. The highest BCUT2D eigenvalue weighted by molar-refractivity contribution is 7.88. The van der Waals surface area contributed by atoms with E-state index in [0.717, 1.165) is 11.8 Å². The van der Waals surface area contributed by atoms with Crippen molar-refractivity contribution in [3.8, 4) is 0 Å². The zero-order valence-electron chi connectivity index (χ0n) is 13.3. The van der Waals surface area contributed by atoms with Crippen LogP contribution >= 0.6 is 0 Å². The van der Waals surface area contributed by atoms with Gasteiger partial charge < -0.3 is 5.32 Å². The molecule has 0 aromatic heterocycles. The molecule has 1 atom stereocenters. The van der Waals surface area contributed by atoms with Crippen molar-refractivity contribution in [1.82, 2.24) is 14.5 Å². The number of carbonyl (C=O) groups is 1. The SMILES string of the molecule is CNC(=O)C1CN(Cc2cccc(F)c2)CCN(S(C)(=O)=O)C1. The summed E-state index contributed by atoms with van der Waals surface area (Å²) in [5.74, 6) is -0.950. The van der Waals surface area contributed by atoms with Crippen LogP contribution in [0.1, 0.15) is 5.56 Å². The Balaban J connectivity index is 2.16. The van der Waals surface area contributed by atoms with E-state index in [9.17, 15) is 17.6 Å². The Hall–Kier alpha value is -1.51. The minimum Gasteiger partial charge on any atom is -0.359 e. The van der Waals surface area contributed by atoms with Crippen LogP contribution in [0.4, 0.5) is 4.39 Å². The highest BCUT2D eigenvalue weighted by atomic mass is 32.2. The number of sulfonamides is 1. The van der Waals surface area contributed by atoms with Gasteiger partial charge in [0.25, 0.3) is 0 Å². The van der Waals surface area contributed by atoms with Crippen LogP contribution in [-0.4, -0.2) is 63.0 Å². The molecule has 1 aliphatic rings. The molecule has 2 rings (SSSR count). The lowest BCUT2D eigenvalue weighted by Gasteiger charge is -2.23. The highest BCUT2D eigenvalue weighted by Gasteiger charge is 2.31. The quantitative estimate of drug-likeness (QED) is 0.852. The van der Waals surface area contributed by atoms with Gasteiger partial charge in [-0.25, -0.2) is 17.1 Å². The van der Waals surface area contributed by atoms with Gasteiger partial charge in [0.2, 0.25) is 15.9 Å². The van der Waals surface area contributed by atoms with Crippen molar-refractivity contribution in [2.24, 2.45) is 5.92 Å². The number of halogens is 1. The molecule has 23 heavy (non-hydrogen) atoms. The fourth-order valence-corrected chi connectivity index (χ4v) is 3.62. The molecular formula is C15H22FN3O3S. The fraction of sp³-hybridized carbons (Fsp3) is 0.533. The van der Waals surface area contributed by atoms with Gasteiger partial charge >= 0.3 is 0 Å². The number of nitrogens with one attached hydrogen (secondary N) is 1. The molecule has 0 radical (unpaired) electrons. The van der Waals surface area contributed by atoms with Gasteiger partial charge in [0.15, 0.2) is 0 Å². The van der Waals surface area contributed by atoms with E-state index in [2.05, 4.69) is 5.32 Å². The first-order valence-corrected chi connectivity index (χ1v) is 9.28. The summed E-state index contributed by atoms with van der Waals surface area (Å²) in [7, 11) is -1.82. The molecule has 1 saturated heterocycles. The molecule has 0 spiro atoms. The lowest BCUT2D eigenvalue weighted by molar-refractivity contribution is -0.125. The van der Waals surface area contributed by atoms with Crippen LogP contribution in [0.3, 0.4) is 0 Å². The predicted molar refractivity (Wildman–Crippen MR) is 85.7 cm³/mol. The van der Waals surface area contributed by atoms with E-state index in [-0.39, 0.29) is 18.3 Å². The Morgan fingerprint density at radius 3 is 2.70 bits per heavy atom. The molecule has 1 unspecified atom stereocenters. The molecule has 1 heterocycles. The van der Waals surface area contributed by atoms with Crippen LogP contribution in [0, 0.1) is 11.7 Å². The van der Waals surface area contributed by atoms with Gasteiger partial charge in [0.1, 0.15) is 5.82 Å². The average Bonchev–Trinajstić information content (AvgIpc) is 2.69. The number of nitrogens with zero attached hydrogens (tertiary/aromatic N) is 2. The van der Waals surface area contributed by atoms with E-state index in [1.165, 1.54) is 23.5 Å². The van der Waals surface area contributed by atoms with Crippen molar-refractivity contribution in [1.29, 1.82) is 0 Å². The molecule has 0 bridgehead atoms. The van der Waals surface area contributed by atoms with Crippen molar-refractivity contribution < 1.29 is 17.6 Å². The van der Waals surface area contributed by atoms with Gasteiger partial charge in [-0.2, -0.15) is 0 Å². The minimum absolute atomic E-state index is 0.165. The Kier molecular flexibility index (Phi) is 5.72. The van der Waals surface area contributed by atoms with E-state index in [1.807, 2.05) is 11.0 Å². The number of hydrogen-bond donors (Lipinski definition) is 1. The number of benzene rings is 1. The second kappa shape index (κ2) is 7.37. The molecule has 8 heteroatoms. The highest BCUT2D eigenvalue weighted by Crippen LogP contribution is 2.16. The fourth-order valence-electron chi connectivity index (χ4n) is 2.76. The van der Waals surface area contributed by atoms with Gasteiger partial charge in [0.05, 0.1) is 12.2 Å². The number of carbonyl (C=O) groups excluding carboxylic acids is 1. The Bertz CT molecular complexity index is 666. The lowest BCUT2D eigenvalue weighted by atomic mass is 10.1.